The lowest BCUT2D eigenvalue weighted by Crippen LogP contribution is -2.43. The van der Waals surface area contributed by atoms with Gasteiger partial charge >= 0.3 is 0 Å². The minimum absolute atomic E-state index is 0.0213. The van der Waals surface area contributed by atoms with E-state index in [4.69, 9.17) is 11.6 Å². The van der Waals surface area contributed by atoms with Crippen molar-refractivity contribution in [2.75, 3.05) is 44.4 Å². The fraction of sp³-hybridized carbons (Fsp3) is 0.286. The summed E-state index contributed by atoms with van der Waals surface area (Å²) in [4.78, 5) is 46.9. The first-order valence-corrected chi connectivity index (χ1v) is 12.7. The number of benzene rings is 2. The molecule has 2 heterocycles. The van der Waals surface area contributed by atoms with E-state index >= 15 is 0 Å². The molecule has 9 nitrogen and oxygen atoms in total. The lowest BCUT2D eigenvalue weighted by molar-refractivity contribution is -0.135. The quantitative estimate of drug-likeness (QED) is 0.372. The van der Waals surface area contributed by atoms with Crippen LogP contribution in [0.5, 0.6) is 5.75 Å². The van der Waals surface area contributed by atoms with Gasteiger partial charge in [-0.25, -0.2) is 4.98 Å². The molecule has 1 aromatic heterocycles. The summed E-state index contributed by atoms with van der Waals surface area (Å²) in [7, 11) is 3.97. The second-order valence-corrected chi connectivity index (χ2v) is 9.85. The van der Waals surface area contributed by atoms with Crippen molar-refractivity contribution in [2.24, 2.45) is 0 Å². The highest BCUT2D eigenvalue weighted by Crippen LogP contribution is 2.30. The highest BCUT2D eigenvalue weighted by molar-refractivity contribution is 6.30. The number of hydrogen-bond donors (Lipinski definition) is 3. The molecular weight excluding hydrogens is 506 g/mol. The van der Waals surface area contributed by atoms with Crippen molar-refractivity contribution in [1.29, 1.82) is 0 Å². The molecule has 1 aliphatic rings. The number of piperidine rings is 1. The van der Waals surface area contributed by atoms with Crippen molar-refractivity contribution in [3.63, 3.8) is 0 Å². The van der Waals surface area contributed by atoms with Crippen LogP contribution in [0.15, 0.2) is 60.8 Å². The number of amides is 3. The number of aromatic nitrogens is 1. The maximum atomic E-state index is 13.0. The van der Waals surface area contributed by atoms with Gasteiger partial charge in [0.25, 0.3) is 11.8 Å². The first-order valence-electron chi connectivity index (χ1n) is 12.3. The molecule has 3 amide bonds. The molecule has 1 fully saturated rings. The Kier molecular flexibility index (Phi) is 8.60. The Morgan fingerprint density at radius 3 is 2.53 bits per heavy atom. The van der Waals surface area contributed by atoms with E-state index in [9.17, 15) is 19.5 Å². The molecule has 2 aromatic carbocycles. The third-order valence-electron chi connectivity index (χ3n) is 6.42. The zero-order valence-corrected chi connectivity index (χ0v) is 22.0. The second-order valence-electron chi connectivity index (χ2n) is 9.41. The van der Waals surface area contributed by atoms with E-state index in [1.54, 1.807) is 36.4 Å². The molecule has 38 heavy (non-hydrogen) atoms. The Morgan fingerprint density at radius 2 is 1.84 bits per heavy atom. The smallest absolute Gasteiger partial charge is 0.259 e. The topological polar surface area (TPSA) is 115 Å². The van der Waals surface area contributed by atoms with Crippen LogP contribution in [-0.2, 0) is 4.79 Å². The molecule has 3 N–H and O–H groups in total. The van der Waals surface area contributed by atoms with Crippen molar-refractivity contribution in [3.05, 3.63) is 82.5 Å². The number of nitrogens with zero attached hydrogens (tertiary/aromatic N) is 3. The number of para-hydroxylation sites is 1. The zero-order chi connectivity index (χ0) is 27.2. The van der Waals surface area contributed by atoms with Crippen LogP contribution >= 0.6 is 11.6 Å². The first-order chi connectivity index (χ1) is 18.2. The SMILES string of the molecule is CN(C)CCN1CCCC(c2ccc(C(=O)Nc3c(O)cccc3C(=O)Nc3ccc(Cl)cn3)cc2)C1=O. The predicted octanol–water partition coefficient (Wildman–Crippen LogP) is 4.21. The van der Waals surface area contributed by atoms with Crippen molar-refractivity contribution >= 4 is 40.8 Å². The summed E-state index contributed by atoms with van der Waals surface area (Å²) in [5, 5.41) is 16.1. The minimum Gasteiger partial charge on any atom is -0.506 e. The number of rotatable bonds is 8. The van der Waals surface area contributed by atoms with Crippen LogP contribution in [0.2, 0.25) is 5.02 Å². The van der Waals surface area contributed by atoms with Gasteiger partial charge < -0.3 is 25.5 Å². The number of carbonyl (C=O) groups is 3. The van der Waals surface area contributed by atoms with Gasteiger partial charge in [0.05, 0.1) is 22.2 Å². The van der Waals surface area contributed by atoms with E-state index in [0.29, 0.717) is 17.1 Å². The van der Waals surface area contributed by atoms with E-state index in [1.165, 1.54) is 24.4 Å². The highest BCUT2D eigenvalue weighted by atomic mass is 35.5. The van der Waals surface area contributed by atoms with Crippen LogP contribution in [-0.4, -0.2) is 71.3 Å². The number of pyridine rings is 1. The normalized spacial score (nSPS) is 15.4. The molecule has 1 aliphatic heterocycles. The Morgan fingerprint density at radius 1 is 1.08 bits per heavy atom. The van der Waals surface area contributed by atoms with Crippen LogP contribution in [0, 0.1) is 0 Å². The van der Waals surface area contributed by atoms with Crippen LogP contribution in [0.4, 0.5) is 11.5 Å². The Bertz CT molecular complexity index is 1310. The van der Waals surface area contributed by atoms with Crippen molar-refractivity contribution < 1.29 is 19.5 Å². The highest BCUT2D eigenvalue weighted by Gasteiger charge is 2.30. The van der Waals surface area contributed by atoms with E-state index < -0.39 is 11.8 Å². The zero-order valence-electron chi connectivity index (χ0n) is 21.3. The van der Waals surface area contributed by atoms with Crippen LogP contribution in [0.3, 0.4) is 0 Å². The molecule has 0 saturated carbocycles. The fourth-order valence-electron chi connectivity index (χ4n) is 4.34. The van der Waals surface area contributed by atoms with Gasteiger partial charge in [0, 0.05) is 31.4 Å². The fourth-order valence-corrected chi connectivity index (χ4v) is 4.45. The van der Waals surface area contributed by atoms with Crippen molar-refractivity contribution in [3.8, 4) is 5.75 Å². The summed E-state index contributed by atoms with van der Waals surface area (Å²) < 4.78 is 0. The standard InChI is InChI=1S/C28H30ClN5O4/c1-33(2)15-16-34-14-4-6-21(28(34)38)18-8-10-19(11-9-18)26(36)32-25-22(5-3-7-23(25)35)27(37)31-24-13-12-20(29)17-30-24/h3,5,7-13,17,21,35H,4,6,14-16H2,1-2H3,(H,32,36)(H,30,31,37). The summed E-state index contributed by atoms with van der Waals surface area (Å²) in [6, 6.07) is 14.4. The number of carbonyl (C=O) groups excluding carboxylic acids is 3. The van der Waals surface area contributed by atoms with E-state index in [2.05, 4.69) is 20.5 Å². The number of aromatic hydroxyl groups is 1. The van der Waals surface area contributed by atoms with Gasteiger partial charge in [0.15, 0.2) is 0 Å². The third kappa shape index (κ3) is 6.48. The van der Waals surface area contributed by atoms with E-state index in [-0.39, 0.29) is 34.6 Å². The number of likely N-dealkylation sites (N-methyl/N-ethyl adjacent to an activating group) is 1. The maximum absolute atomic E-state index is 13.0. The Balaban J connectivity index is 1.46. The van der Waals surface area contributed by atoms with Crippen molar-refractivity contribution in [1.82, 2.24) is 14.8 Å². The maximum Gasteiger partial charge on any atom is 0.259 e. The number of halogens is 1. The first kappa shape index (κ1) is 27.1. The molecule has 0 radical (unpaired) electrons. The average molecular weight is 536 g/mol. The van der Waals surface area contributed by atoms with Gasteiger partial charge in [-0.05, 0) is 68.9 Å². The molecule has 1 unspecified atom stereocenters. The molecule has 0 spiro atoms. The Labute approximate surface area is 226 Å². The third-order valence-corrected chi connectivity index (χ3v) is 6.64. The van der Waals surface area contributed by atoms with Crippen LogP contribution in [0.1, 0.15) is 45.0 Å². The summed E-state index contributed by atoms with van der Waals surface area (Å²) >= 11 is 5.84. The number of hydrogen-bond acceptors (Lipinski definition) is 6. The summed E-state index contributed by atoms with van der Waals surface area (Å²) in [6.07, 6.45) is 3.09. The molecule has 0 bridgehead atoms. The van der Waals surface area contributed by atoms with Gasteiger partial charge in [-0.2, -0.15) is 0 Å². The van der Waals surface area contributed by atoms with Gasteiger partial charge in [-0.3, -0.25) is 14.4 Å². The van der Waals surface area contributed by atoms with Crippen molar-refractivity contribution in [2.45, 2.75) is 18.8 Å². The molecule has 10 heteroatoms. The molecular formula is C28H30ClN5O4. The number of phenolic OH excluding ortho intramolecular Hbond substituents is 1. The van der Waals surface area contributed by atoms with Gasteiger partial charge in [-0.1, -0.05) is 29.8 Å². The van der Waals surface area contributed by atoms with Gasteiger partial charge in [0.2, 0.25) is 5.91 Å². The number of likely N-dealkylation sites (tertiary alicyclic amines) is 1. The summed E-state index contributed by atoms with van der Waals surface area (Å²) in [5.41, 5.74) is 1.24. The average Bonchev–Trinajstić information content (AvgIpc) is 2.90. The molecule has 4 rings (SSSR count). The predicted molar refractivity (Wildman–Crippen MR) is 147 cm³/mol. The van der Waals surface area contributed by atoms with E-state index in [1.807, 2.05) is 19.0 Å². The molecule has 0 aliphatic carbocycles. The monoisotopic (exact) mass is 535 g/mol. The lowest BCUT2D eigenvalue weighted by Gasteiger charge is -2.33. The molecule has 1 saturated heterocycles. The largest absolute Gasteiger partial charge is 0.506 e. The van der Waals surface area contributed by atoms with Crippen LogP contribution < -0.4 is 10.6 Å². The van der Waals surface area contributed by atoms with Gasteiger partial charge in [0.1, 0.15) is 11.6 Å². The number of nitrogens with one attached hydrogen (secondary N) is 2. The molecule has 3 aromatic rings. The molecule has 198 valence electrons. The van der Waals surface area contributed by atoms with Crippen LogP contribution in [0.25, 0.3) is 0 Å². The number of anilines is 2. The minimum atomic E-state index is -0.559. The second kappa shape index (κ2) is 12.1. The van der Waals surface area contributed by atoms with E-state index in [0.717, 1.165) is 31.5 Å². The summed E-state index contributed by atoms with van der Waals surface area (Å²) in [5.74, 6) is -1.17. The Hall–Kier alpha value is -3.95. The summed E-state index contributed by atoms with van der Waals surface area (Å²) in [6.45, 7) is 2.25. The van der Waals surface area contributed by atoms with Gasteiger partial charge in [-0.15, -0.1) is 0 Å². The molecule has 1 atom stereocenters. The number of phenols is 1. The lowest BCUT2D eigenvalue weighted by atomic mass is 9.89.